The Morgan fingerprint density at radius 3 is 2.69 bits per heavy atom. The second-order valence-corrected chi connectivity index (χ2v) is 5.90. The molecule has 1 nitrogen and oxygen atoms in total. The Morgan fingerprint density at radius 1 is 1.38 bits per heavy atom. The van der Waals surface area contributed by atoms with Crippen LogP contribution in [0.15, 0.2) is 0 Å². The van der Waals surface area contributed by atoms with E-state index in [1.807, 2.05) is 11.8 Å². The van der Waals surface area contributed by atoms with Crippen LogP contribution in [-0.2, 0) is 0 Å². The summed E-state index contributed by atoms with van der Waals surface area (Å²) in [7, 11) is 0. The molecule has 0 heterocycles. The van der Waals surface area contributed by atoms with Crippen LogP contribution in [0.4, 0.5) is 0 Å². The molecule has 0 aromatic heterocycles. The lowest BCUT2D eigenvalue weighted by molar-refractivity contribution is 0.410. The predicted octanol–water partition coefficient (Wildman–Crippen LogP) is 2.52. The predicted molar refractivity (Wildman–Crippen MR) is 60.3 cm³/mol. The van der Waals surface area contributed by atoms with Crippen molar-refractivity contribution in [1.29, 1.82) is 0 Å². The topological polar surface area (TPSA) is 12.0 Å². The number of thioether (sulfide) groups is 1. The molecule has 0 spiro atoms. The van der Waals surface area contributed by atoms with E-state index in [2.05, 4.69) is 12.2 Å². The van der Waals surface area contributed by atoms with Crippen LogP contribution in [0.3, 0.4) is 0 Å². The summed E-state index contributed by atoms with van der Waals surface area (Å²) >= 11 is 2.04. The van der Waals surface area contributed by atoms with Crippen LogP contribution < -0.4 is 5.32 Å². The van der Waals surface area contributed by atoms with Crippen molar-refractivity contribution in [3.05, 3.63) is 0 Å². The monoisotopic (exact) mass is 199 g/mol. The highest BCUT2D eigenvalue weighted by Gasteiger charge is 2.52. The Bertz CT molecular complexity index is 161. The fraction of sp³-hybridized carbons (Fsp3) is 1.00. The zero-order valence-corrected chi connectivity index (χ0v) is 9.46. The molecule has 2 fully saturated rings. The van der Waals surface area contributed by atoms with E-state index in [0.717, 1.165) is 11.3 Å². The summed E-state index contributed by atoms with van der Waals surface area (Å²) < 4.78 is 0. The number of rotatable bonds is 7. The lowest BCUT2D eigenvalue weighted by atomic mass is 10.0. The van der Waals surface area contributed by atoms with Gasteiger partial charge in [0.1, 0.15) is 0 Å². The molecule has 2 heteroatoms. The first-order valence-corrected chi connectivity index (χ1v) is 6.81. The molecule has 2 aliphatic carbocycles. The smallest absolute Gasteiger partial charge is 0.00580 e. The maximum Gasteiger partial charge on any atom is 0.00580 e. The molecule has 0 saturated heterocycles. The zero-order chi connectivity index (χ0) is 9.15. The number of nitrogens with one attached hydrogen (secondary N) is 1. The van der Waals surface area contributed by atoms with Crippen molar-refractivity contribution in [3.8, 4) is 0 Å². The van der Waals surface area contributed by atoms with Crippen LogP contribution in [0.1, 0.15) is 32.6 Å². The van der Waals surface area contributed by atoms with E-state index < -0.39 is 0 Å². The van der Waals surface area contributed by atoms with Crippen molar-refractivity contribution in [1.82, 2.24) is 5.32 Å². The number of hydrogen-bond donors (Lipinski definition) is 1. The van der Waals surface area contributed by atoms with Crippen LogP contribution in [0.5, 0.6) is 0 Å². The molecule has 13 heavy (non-hydrogen) atoms. The molecule has 0 atom stereocenters. The highest BCUT2D eigenvalue weighted by atomic mass is 32.2. The summed E-state index contributed by atoms with van der Waals surface area (Å²) in [5.41, 5.74) is 0.789. The lowest BCUT2D eigenvalue weighted by Crippen LogP contribution is -2.27. The Hall–Kier alpha value is 0.310. The average Bonchev–Trinajstić information content (AvgIpc) is 2.98. The molecular weight excluding hydrogens is 178 g/mol. The van der Waals surface area contributed by atoms with Gasteiger partial charge in [0.25, 0.3) is 0 Å². The Balaban J connectivity index is 1.52. The highest BCUT2D eigenvalue weighted by molar-refractivity contribution is 7.99. The van der Waals surface area contributed by atoms with E-state index in [-0.39, 0.29) is 0 Å². The first-order chi connectivity index (χ1) is 6.37. The van der Waals surface area contributed by atoms with Crippen molar-refractivity contribution >= 4 is 11.8 Å². The van der Waals surface area contributed by atoms with Gasteiger partial charge in [0.2, 0.25) is 0 Å². The largest absolute Gasteiger partial charge is 0.315 e. The molecule has 0 aliphatic heterocycles. The quantitative estimate of drug-likeness (QED) is 0.632. The molecule has 2 aliphatic rings. The van der Waals surface area contributed by atoms with Gasteiger partial charge in [-0.2, -0.15) is 11.8 Å². The molecule has 2 saturated carbocycles. The molecule has 2 rings (SSSR count). The molecule has 0 amide bonds. The lowest BCUT2D eigenvalue weighted by Gasteiger charge is -2.14. The van der Waals surface area contributed by atoms with Gasteiger partial charge in [0.15, 0.2) is 0 Å². The normalized spacial score (nSPS) is 24.7. The third-order valence-corrected chi connectivity index (χ3v) is 4.34. The molecule has 76 valence electrons. The van der Waals surface area contributed by atoms with Gasteiger partial charge in [-0.3, -0.25) is 0 Å². The van der Waals surface area contributed by atoms with E-state index in [9.17, 15) is 0 Å². The van der Waals surface area contributed by atoms with E-state index in [1.165, 1.54) is 50.3 Å². The maximum atomic E-state index is 3.62. The SMILES string of the molecule is CCSCCNCC1(C2CC2)CC1. The standard InChI is InChI=1S/C11H21NS/c1-2-13-8-7-12-9-11(5-6-11)10-3-4-10/h10,12H,2-9H2,1H3. The molecule has 0 bridgehead atoms. The molecule has 0 aromatic rings. The van der Waals surface area contributed by atoms with Gasteiger partial charge in [0.05, 0.1) is 0 Å². The van der Waals surface area contributed by atoms with Crippen molar-refractivity contribution in [3.63, 3.8) is 0 Å². The molecule has 0 radical (unpaired) electrons. The average molecular weight is 199 g/mol. The van der Waals surface area contributed by atoms with E-state index in [4.69, 9.17) is 0 Å². The fourth-order valence-electron chi connectivity index (χ4n) is 2.21. The van der Waals surface area contributed by atoms with Gasteiger partial charge < -0.3 is 5.32 Å². The van der Waals surface area contributed by atoms with E-state index in [1.54, 1.807) is 0 Å². The molecule has 1 N–H and O–H groups in total. The summed E-state index contributed by atoms with van der Waals surface area (Å²) in [6, 6.07) is 0. The van der Waals surface area contributed by atoms with Crippen molar-refractivity contribution < 1.29 is 0 Å². The van der Waals surface area contributed by atoms with Gasteiger partial charge >= 0.3 is 0 Å². The summed E-state index contributed by atoms with van der Waals surface area (Å²) in [6.07, 6.45) is 6.05. The second kappa shape index (κ2) is 4.22. The Morgan fingerprint density at radius 2 is 2.15 bits per heavy atom. The van der Waals surface area contributed by atoms with Crippen LogP contribution in [0.2, 0.25) is 0 Å². The van der Waals surface area contributed by atoms with E-state index in [0.29, 0.717) is 0 Å². The van der Waals surface area contributed by atoms with Crippen LogP contribution in [0, 0.1) is 11.3 Å². The van der Waals surface area contributed by atoms with Crippen molar-refractivity contribution in [2.24, 2.45) is 11.3 Å². The van der Waals surface area contributed by atoms with Gasteiger partial charge in [0, 0.05) is 18.8 Å². The van der Waals surface area contributed by atoms with Crippen LogP contribution in [-0.4, -0.2) is 24.6 Å². The Labute approximate surface area is 86.0 Å². The minimum atomic E-state index is 0.789. The van der Waals surface area contributed by atoms with Crippen LogP contribution >= 0.6 is 11.8 Å². The minimum Gasteiger partial charge on any atom is -0.315 e. The van der Waals surface area contributed by atoms with Crippen molar-refractivity contribution in [2.45, 2.75) is 32.6 Å². The fourth-order valence-corrected chi connectivity index (χ4v) is 2.79. The Kier molecular flexibility index (Phi) is 3.20. The third kappa shape index (κ3) is 2.63. The zero-order valence-electron chi connectivity index (χ0n) is 8.64. The van der Waals surface area contributed by atoms with E-state index >= 15 is 0 Å². The summed E-state index contributed by atoms with van der Waals surface area (Å²) in [5.74, 6) is 3.66. The molecule has 0 aromatic carbocycles. The highest BCUT2D eigenvalue weighted by Crippen LogP contribution is 2.60. The first kappa shape index (κ1) is 9.85. The van der Waals surface area contributed by atoms with Gasteiger partial charge in [-0.25, -0.2) is 0 Å². The maximum absolute atomic E-state index is 3.62. The third-order valence-electron chi connectivity index (χ3n) is 3.44. The van der Waals surface area contributed by atoms with Gasteiger partial charge in [-0.1, -0.05) is 6.92 Å². The first-order valence-electron chi connectivity index (χ1n) is 5.66. The van der Waals surface area contributed by atoms with Crippen molar-refractivity contribution in [2.75, 3.05) is 24.6 Å². The minimum absolute atomic E-state index is 0.789. The van der Waals surface area contributed by atoms with Crippen LogP contribution in [0.25, 0.3) is 0 Å². The summed E-state index contributed by atoms with van der Waals surface area (Å²) in [4.78, 5) is 0. The summed E-state index contributed by atoms with van der Waals surface area (Å²) in [5, 5.41) is 3.62. The second-order valence-electron chi connectivity index (χ2n) is 4.51. The molecule has 0 unspecified atom stereocenters. The van der Waals surface area contributed by atoms with Gasteiger partial charge in [-0.15, -0.1) is 0 Å². The van der Waals surface area contributed by atoms with Gasteiger partial charge in [-0.05, 0) is 42.8 Å². The molecular formula is C11H21NS. The summed E-state index contributed by atoms with van der Waals surface area (Å²) in [6.45, 7) is 4.76. The number of hydrogen-bond acceptors (Lipinski definition) is 2.